The monoisotopic (exact) mass is 256 g/mol. The van der Waals surface area contributed by atoms with Gasteiger partial charge in [0.05, 0.1) is 18.5 Å². The van der Waals surface area contributed by atoms with Crippen molar-refractivity contribution < 1.29 is 4.74 Å². The number of anilines is 3. The fraction of sp³-hybridized carbons (Fsp3) is 0.250. The molecule has 0 unspecified atom stereocenters. The lowest BCUT2D eigenvalue weighted by atomic mass is 10.1. The number of methoxy groups -OCH3 is 1. The van der Waals surface area contributed by atoms with Crippen LogP contribution in [0, 0.1) is 20.8 Å². The summed E-state index contributed by atoms with van der Waals surface area (Å²) in [5.74, 6) is 0.933. The van der Waals surface area contributed by atoms with Crippen LogP contribution in [0.4, 0.5) is 17.1 Å². The first-order valence-electron chi connectivity index (χ1n) is 6.29. The topological polar surface area (TPSA) is 47.3 Å². The molecule has 0 amide bonds. The van der Waals surface area contributed by atoms with Gasteiger partial charge in [0.15, 0.2) is 0 Å². The number of aryl methyl sites for hydroxylation is 3. The molecule has 0 aliphatic carbocycles. The Labute approximate surface area is 114 Å². The Hall–Kier alpha value is -2.16. The summed E-state index contributed by atoms with van der Waals surface area (Å²) < 4.78 is 5.37. The number of hydrogen-bond donors (Lipinski definition) is 2. The standard InChI is InChI=1S/C16H20N2O/c1-10-5-6-14(17)15(7-10)18-13-8-11(2)16(19-4)12(3)9-13/h5-9,18H,17H2,1-4H3. The molecule has 0 saturated carbocycles. The van der Waals surface area contributed by atoms with Crippen molar-refractivity contribution >= 4 is 17.1 Å². The summed E-state index contributed by atoms with van der Waals surface area (Å²) in [7, 11) is 1.70. The Bertz CT molecular complexity index is 583. The third kappa shape index (κ3) is 2.81. The summed E-state index contributed by atoms with van der Waals surface area (Å²) in [6.45, 7) is 6.13. The second-order valence-corrected chi connectivity index (χ2v) is 4.86. The predicted octanol–water partition coefficient (Wildman–Crippen LogP) is 3.95. The van der Waals surface area contributed by atoms with Gasteiger partial charge in [0.2, 0.25) is 0 Å². The smallest absolute Gasteiger partial charge is 0.124 e. The molecule has 0 saturated heterocycles. The lowest BCUT2D eigenvalue weighted by molar-refractivity contribution is 0.408. The Balaban J connectivity index is 2.36. The lowest BCUT2D eigenvalue weighted by Crippen LogP contribution is -1.99. The molecule has 2 rings (SSSR count). The van der Waals surface area contributed by atoms with Gasteiger partial charge in [0, 0.05) is 5.69 Å². The molecule has 0 fully saturated rings. The van der Waals surface area contributed by atoms with Crippen LogP contribution in [0.25, 0.3) is 0 Å². The van der Waals surface area contributed by atoms with E-state index in [4.69, 9.17) is 10.5 Å². The molecule has 0 spiro atoms. The van der Waals surface area contributed by atoms with E-state index in [1.54, 1.807) is 7.11 Å². The Morgan fingerprint density at radius 1 is 1.00 bits per heavy atom. The maximum atomic E-state index is 5.98. The lowest BCUT2D eigenvalue weighted by Gasteiger charge is -2.14. The molecule has 100 valence electrons. The van der Waals surface area contributed by atoms with Crippen LogP contribution in [-0.2, 0) is 0 Å². The third-order valence-electron chi connectivity index (χ3n) is 3.15. The van der Waals surface area contributed by atoms with Gasteiger partial charge in [0.25, 0.3) is 0 Å². The van der Waals surface area contributed by atoms with Crippen molar-refractivity contribution in [3.8, 4) is 5.75 Å². The summed E-state index contributed by atoms with van der Waals surface area (Å²) in [4.78, 5) is 0. The van der Waals surface area contributed by atoms with Gasteiger partial charge in [-0.2, -0.15) is 0 Å². The van der Waals surface area contributed by atoms with Crippen LogP contribution in [0.1, 0.15) is 16.7 Å². The molecule has 0 aromatic heterocycles. The zero-order valence-corrected chi connectivity index (χ0v) is 11.9. The molecule has 0 bridgehead atoms. The summed E-state index contributed by atoms with van der Waals surface area (Å²) in [6.07, 6.45) is 0. The second kappa shape index (κ2) is 5.22. The van der Waals surface area contributed by atoms with Gasteiger partial charge in [-0.15, -0.1) is 0 Å². The fourth-order valence-corrected chi connectivity index (χ4v) is 2.28. The van der Waals surface area contributed by atoms with Crippen LogP contribution in [0.5, 0.6) is 5.75 Å². The summed E-state index contributed by atoms with van der Waals surface area (Å²) in [5, 5.41) is 3.37. The highest BCUT2D eigenvalue weighted by molar-refractivity contribution is 5.74. The van der Waals surface area contributed by atoms with Crippen LogP contribution in [0.15, 0.2) is 30.3 Å². The number of hydrogen-bond acceptors (Lipinski definition) is 3. The first-order chi connectivity index (χ1) is 9.01. The SMILES string of the molecule is COc1c(C)cc(Nc2cc(C)ccc2N)cc1C. The van der Waals surface area contributed by atoms with Crippen LogP contribution in [0.2, 0.25) is 0 Å². The molecule has 0 heterocycles. The van der Waals surface area contributed by atoms with Gasteiger partial charge in [0.1, 0.15) is 5.75 Å². The van der Waals surface area contributed by atoms with Crippen molar-refractivity contribution in [1.29, 1.82) is 0 Å². The van der Waals surface area contributed by atoms with Gasteiger partial charge in [-0.05, 0) is 61.7 Å². The largest absolute Gasteiger partial charge is 0.496 e. The van der Waals surface area contributed by atoms with E-state index in [9.17, 15) is 0 Å². The quantitative estimate of drug-likeness (QED) is 0.817. The van der Waals surface area contributed by atoms with E-state index in [0.29, 0.717) is 0 Å². The minimum absolute atomic E-state index is 0.747. The molecule has 2 aromatic rings. The highest BCUT2D eigenvalue weighted by Crippen LogP contribution is 2.30. The molecule has 0 aliphatic rings. The molecular formula is C16H20N2O. The van der Waals surface area contributed by atoms with Crippen molar-refractivity contribution in [2.24, 2.45) is 0 Å². The second-order valence-electron chi connectivity index (χ2n) is 4.86. The molecule has 19 heavy (non-hydrogen) atoms. The van der Waals surface area contributed by atoms with Crippen molar-refractivity contribution in [2.45, 2.75) is 20.8 Å². The van der Waals surface area contributed by atoms with Crippen molar-refractivity contribution in [3.05, 3.63) is 47.0 Å². The molecule has 3 heteroatoms. The number of benzene rings is 2. The van der Waals surface area contributed by atoms with E-state index >= 15 is 0 Å². The van der Waals surface area contributed by atoms with Gasteiger partial charge >= 0.3 is 0 Å². The summed E-state index contributed by atoms with van der Waals surface area (Å²) in [5.41, 5.74) is 12.1. The molecule has 0 radical (unpaired) electrons. The van der Waals surface area contributed by atoms with E-state index in [1.807, 2.05) is 32.0 Å². The van der Waals surface area contributed by atoms with E-state index in [2.05, 4.69) is 24.4 Å². The van der Waals surface area contributed by atoms with Gasteiger partial charge in [-0.3, -0.25) is 0 Å². The molecule has 3 nitrogen and oxygen atoms in total. The van der Waals surface area contributed by atoms with Gasteiger partial charge in [-0.1, -0.05) is 6.07 Å². The van der Waals surface area contributed by atoms with E-state index in [1.165, 1.54) is 5.56 Å². The van der Waals surface area contributed by atoms with Crippen molar-refractivity contribution in [1.82, 2.24) is 0 Å². The summed E-state index contributed by atoms with van der Waals surface area (Å²) >= 11 is 0. The predicted molar refractivity (Wildman–Crippen MR) is 81.3 cm³/mol. The molecular weight excluding hydrogens is 236 g/mol. The van der Waals surface area contributed by atoms with Crippen molar-refractivity contribution in [2.75, 3.05) is 18.2 Å². The van der Waals surface area contributed by atoms with E-state index in [-0.39, 0.29) is 0 Å². The highest BCUT2D eigenvalue weighted by atomic mass is 16.5. The van der Waals surface area contributed by atoms with Gasteiger partial charge < -0.3 is 15.8 Å². The highest BCUT2D eigenvalue weighted by Gasteiger charge is 2.06. The average Bonchev–Trinajstić information content (AvgIpc) is 2.33. The van der Waals surface area contributed by atoms with Crippen LogP contribution >= 0.6 is 0 Å². The molecule has 0 atom stereocenters. The normalized spacial score (nSPS) is 10.3. The zero-order valence-electron chi connectivity index (χ0n) is 11.9. The number of rotatable bonds is 3. The number of ether oxygens (including phenoxy) is 1. The summed E-state index contributed by atoms with van der Waals surface area (Å²) in [6, 6.07) is 10.1. The zero-order chi connectivity index (χ0) is 14.0. The maximum absolute atomic E-state index is 5.98. The van der Waals surface area contributed by atoms with E-state index < -0.39 is 0 Å². The molecule has 0 aliphatic heterocycles. The Morgan fingerprint density at radius 3 is 2.21 bits per heavy atom. The number of nitrogen functional groups attached to an aromatic ring is 1. The van der Waals surface area contributed by atoms with Crippen LogP contribution in [0.3, 0.4) is 0 Å². The Kier molecular flexibility index (Phi) is 3.65. The Morgan fingerprint density at radius 2 is 1.63 bits per heavy atom. The first kappa shape index (κ1) is 13.3. The van der Waals surface area contributed by atoms with E-state index in [0.717, 1.165) is 33.9 Å². The van der Waals surface area contributed by atoms with Crippen molar-refractivity contribution in [3.63, 3.8) is 0 Å². The minimum atomic E-state index is 0.747. The molecule has 3 N–H and O–H groups in total. The fourth-order valence-electron chi connectivity index (χ4n) is 2.28. The van der Waals surface area contributed by atoms with Crippen LogP contribution in [-0.4, -0.2) is 7.11 Å². The molecule has 2 aromatic carbocycles. The maximum Gasteiger partial charge on any atom is 0.124 e. The first-order valence-corrected chi connectivity index (χ1v) is 6.29. The van der Waals surface area contributed by atoms with Gasteiger partial charge in [-0.25, -0.2) is 0 Å². The third-order valence-corrected chi connectivity index (χ3v) is 3.15. The average molecular weight is 256 g/mol. The number of nitrogens with two attached hydrogens (primary N) is 1. The number of nitrogens with one attached hydrogen (secondary N) is 1. The van der Waals surface area contributed by atoms with Crippen LogP contribution < -0.4 is 15.8 Å². The minimum Gasteiger partial charge on any atom is -0.496 e.